The third-order valence-electron chi connectivity index (χ3n) is 1.69. The van der Waals surface area contributed by atoms with Gasteiger partial charge in [-0.05, 0) is 6.92 Å². The van der Waals surface area contributed by atoms with Crippen LogP contribution < -0.4 is 5.32 Å². The minimum absolute atomic E-state index is 0.184. The maximum atomic E-state index is 11.6. The van der Waals surface area contributed by atoms with Gasteiger partial charge in [0.1, 0.15) is 6.10 Å². The maximum absolute atomic E-state index is 11.6. The Morgan fingerprint density at radius 2 is 2.17 bits per heavy atom. The van der Waals surface area contributed by atoms with Crippen LogP contribution in [0.15, 0.2) is 0 Å². The Morgan fingerprint density at radius 3 is 2.42 bits per heavy atom. The van der Waals surface area contributed by atoms with E-state index in [1.807, 2.05) is 0 Å². The van der Waals surface area contributed by atoms with Crippen molar-refractivity contribution in [2.45, 2.75) is 25.2 Å². The van der Waals surface area contributed by atoms with E-state index in [-0.39, 0.29) is 6.04 Å². The molecule has 0 bridgehead atoms. The van der Waals surface area contributed by atoms with Gasteiger partial charge in [0.15, 0.2) is 0 Å². The molecule has 1 aliphatic heterocycles. The van der Waals surface area contributed by atoms with Crippen LogP contribution in [0.3, 0.4) is 0 Å². The molecule has 1 aliphatic rings. The molecule has 0 aromatic heterocycles. The molecule has 3 nitrogen and oxygen atoms in total. The Balaban J connectivity index is 2.36. The van der Waals surface area contributed by atoms with Gasteiger partial charge in [-0.1, -0.05) is 0 Å². The van der Waals surface area contributed by atoms with Gasteiger partial charge >= 0.3 is 12.1 Å². The van der Waals surface area contributed by atoms with Crippen LogP contribution in [0, 0.1) is 0 Å². The molecule has 1 rings (SSSR count). The highest BCUT2D eigenvalue weighted by molar-refractivity contribution is 5.75. The van der Waals surface area contributed by atoms with E-state index >= 15 is 0 Å². The Morgan fingerprint density at radius 1 is 1.58 bits per heavy atom. The van der Waals surface area contributed by atoms with Crippen molar-refractivity contribution in [2.24, 2.45) is 0 Å². The largest absolute Gasteiger partial charge is 0.490 e. The van der Waals surface area contributed by atoms with Gasteiger partial charge in [0.2, 0.25) is 0 Å². The summed E-state index contributed by atoms with van der Waals surface area (Å²) < 4.78 is 38.9. The number of rotatable bonds is 1. The van der Waals surface area contributed by atoms with Crippen molar-refractivity contribution in [2.75, 3.05) is 6.54 Å². The van der Waals surface area contributed by atoms with Gasteiger partial charge in [-0.25, -0.2) is 4.79 Å². The van der Waals surface area contributed by atoms with E-state index in [2.05, 4.69) is 10.1 Å². The summed E-state index contributed by atoms with van der Waals surface area (Å²) in [6, 6.07) is -0.184. The molecule has 0 radical (unpaired) electrons. The summed E-state index contributed by atoms with van der Waals surface area (Å²) in [4.78, 5) is 10.2. The molecule has 0 amide bonds. The van der Waals surface area contributed by atoms with Crippen LogP contribution in [0.1, 0.15) is 6.92 Å². The predicted molar refractivity (Wildman–Crippen MR) is 33.4 cm³/mol. The average Bonchev–Trinajstić information content (AvgIpc) is 1.95. The fourth-order valence-electron chi connectivity index (χ4n) is 0.798. The van der Waals surface area contributed by atoms with Crippen LogP contribution in [-0.2, 0) is 9.53 Å². The summed E-state index contributed by atoms with van der Waals surface area (Å²) >= 11 is 0. The topological polar surface area (TPSA) is 38.3 Å². The lowest BCUT2D eigenvalue weighted by molar-refractivity contribution is -0.208. The van der Waals surface area contributed by atoms with Crippen LogP contribution >= 0.6 is 0 Å². The lowest BCUT2D eigenvalue weighted by atomic mass is 10.1. The lowest BCUT2D eigenvalue weighted by Crippen LogP contribution is -2.58. The number of hydrogen-bond acceptors (Lipinski definition) is 3. The summed E-state index contributed by atoms with van der Waals surface area (Å²) in [6.45, 7) is 1.95. The second-order valence-corrected chi connectivity index (χ2v) is 2.64. The van der Waals surface area contributed by atoms with Crippen molar-refractivity contribution in [1.29, 1.82) is 0 Å². The molecular weight excluding hydrogens is 175 g/mol. The highest BCUT2D eigenvalue weighted by Crippen LogP contribution is 2.19. The van der Waals surface area contributed by atoms with Gasteiger partial charge in [0.25, 0.3) is 0 Å². The monoisotopic (exact) mass is 183 g/mol. The number of nitrogens with one attached hydrogen (secondary N) is 1. The number of ether oxygens (including phenoxy) is 1. The molecule has 0 aromatic carbocycles. The molecule has 70 valence electrons. The van der Waals surface area contributed by atoms with Crippen molar-refractivity contribution >= 4 is 5.97 Å². The average molecular weight is 183 g/mol. The van der Waals surface area contributed by atoms with E-state index < -0.39 is 18.2 Å². The molecule has 0 saturated carbocycles. The predicted octanol–water partition coefficient (Wildman–Crippen LogP) is 0.452. The molecule has 6 heteroatoms. The van der Waals surface area contributed by atoms with Crippen LogP contribution in [0.25, 0.3) is 0 Å². The highest BCUT2D eigenvalue weighted by Gasteiger charge is 2.44. The van der Waals surface area contributed by atoms with Crippen LogP contribution in [0.4, 0.5) is 13.2 Å². The molecule has 0 aromatic rings. The fourth-order valence-corrected chi connectivity index (χ4v) is 0.798. The molecule has 1 fully saturated rings. The number of hydrogen-bond donors (Lipinski definition) is 1. The van der Waals surface area contributed by atoms with E-state index in [4.69, 9.17) is 0 Å². The van der Waals surface area contributed by atoms with Crippen molar-refractivity contribution in [1.82, 2.24) is 5.32 Å². The smallest absolute Gasteiger partial charge is 0.453 e. The van der Waals surface area contributed by atoms with Gasteiger partial charge in [-0.3, -0.25) is 0 Å². The summed E-state index contributed by atoms with van der Waals surface area (Å²) in [5.74, 6) is -2.11. The first-order chi connectivity index (χ1) is 5.41. The number of halogens is 3. The second-order valence-electron chi connectivity index (χ2n) is 2.64. The first kappa shape index (κ1) is 9.31. The standard InChI is InChI=1S/C6H8F3NO2/c1-3-4(2-10-3)12-5(11)6(7,8)9/h3-4,10H,2H2,1H3/t3-,4-/m0/s1. The fraction of sp³-hybridized carbons (Fsp3) is 0.833. The molecule has 2 atom stereocenters. The zero-order valence-electron chi connectivity index (χ0n) is 6.31. The third kappa shape index (κ3) is 1.88. The molecule has 0 aliphatic carbocycles. The van der Waals surface area contributed by atoms with Crippen LogP contribution in [0.2, 0.25) is 0 Å². The molecule has 1 saturated heterocycles. The zero-order valence-corrected chi connectivity index (χ0v) is 6.31. The first-order valence-electron chi connectivity index (χ1n) is 3.42. The van der Waals surface area contributed by atoms with E-state index in [1.165, 1.54) is 0 Å². The van der Waals surface area contributed by atoms with E-state index in [0.29, 0.717) is 6.54 Å². The Kier molecular flexibility index (Phi) is 2.27. The third-order valence-corrected chi connectivity index (χ3v) is 1.69. The van der Waals surface area contributed by atoms with Gasteiger partial charge in [-0.15, -0.1) is 0 Å². The van der Waals surface area contributed by atoms with Gasteiger partial charge in [0.05, 0.1) is 0 Å². The van der Waals surface area contributed by atoms with E-state index in [1.54, 1.807) is 6.92 Å². The van der Waals surface area contributed by atoms with Crippen molar-refractivity contribution in [3.05, 3.63) is 0 Å². The normalized spacial score (nSPS) is 29.3. The summed E-state index contributed by atoms with van der Waals surface area (Å²) in [5.41, 5.74) is 0. The summed E-state index contributed by atoms with van der Waals surface area (Å²) in [7, 11) is 0. The van der Waals surface area contributed by atoms with Gasteiger partial charge < -0.3 is 10.1 Å². The Bertz CT molecular complexity index is 192. The SMILES string of the molecule is C[C@@H]1NC[C@@H]1OC(=O)C(F)(F)F. The maximum Gasteiger partial charge on any atom is 0.490 e. The molecule has 0 spiro atoms. The number of alkyl halides is 3. The number of carbonyl (C=O) groups is 1. The quantitative estimate of drug-likeness (QED) is 0.600. The first-order valence-corrected chi connectivity index (χ1v) is 3.42. The van der Waals surface area contributed by atoms with Gasteiger partial charge in [0, 0.05) is 12.6 Å². The molecule has 0 unspecified atom stereocenters. The number of carbonyl (C=O) groups excluding carboxylic acids is 1. The molecule has 1 N–H and O–H groups in total. The summed E-state index contributed by atoms with van der Waals surface area (Å²) in [5, 5.41) is 2.77. The van der Waals surface area contributed by atoms with E-state index in [0.717, 1.165) is 0 Å². The minimum Gasteiger partial charge on any atom is -0.453 e. The molecule has 1 heterocycles. The summed E-state index contributed by atoms with van der Waals surface area (Å²) in [6.07, 6.45) is -5.52. The van der Waals surface area contributed by atoms with Gasteiger partial charge in [-0.2, -0.15) is 13.2 Å². The van der Waals surface area contributed by atoms with Crippen molar-refractivity contribution in [3.63, 3.8) is 0 Å². The Labute approximate surface area is 66.9 Å². The second kappa shape index (κ2) is 2.93. The lowest BCUT2D eigenvalue weighted by Gasteiger charge is -2.34. The molecular formula is C6H8F3NO2. The Hall–Kier alpha value is -0.780. The van der Waals surface area contributed by atoms with E-state index in [9.17, 15) is 18.0 Å². The zero-order chi connectivity index (χ0) is 9.35. The van der Waals surface area contributed by atoms with Crippen LogP contribution in [0.5, 0.6) is 0 Å². The highest BCUT2D eigenvalue weighted by atomic mass is 19.4. The molecule has 12 heavy (non-hydrogen) atoms. The van der Waals surface area contributed by atoms with Crippen molar-refractivity contribution < 1.29 is 22.7 Å². The number of esters is 1. The van der Waals surface area contributed by atoms with Crippen LogP contribution in [-0.4, -0.2) is 30.8 Å². The minimum atomic E-state index is -4.88. The van der Waals surface area contributed by atoms with Crippen molar-refractivity contribution in [3.8, 4) is 0 Å².